The van der Waals surface area contributed by atoms with Gasteiger partial charge in [0.2, 0.25) is 5.91 Å². The average molecular weight is 163 g/mol. The minimum Gasteiger partial charge on any atom is -0.352 e. The van der Waals surface area contributed by atoms with Gasteiger partial charge in [-0.3, -0.25) is 4.79 Å². The molecule has 2 N–H and O–H groups in total. The number of amides is 1. The average Bonchev–Trinajstić information content (AvgIpc) is 2.22. The Morgan fingerprint density at radius 2 is 2.20 bits per heavy atom. The maximum absolute atomic E-state index is 10.7. The largest absolute Gasteiger partial charge is 0.352 e. The standard InChI is InChI=1S/C6H10N2O.ClH/c9-6-3-5-4(8-6)1-2-7-5;/h4-5,7H,1-3H2,(H,8,9);1H. The minimum absolute atomic E-state index is 0. The molecule has 0 aromatic rings. The highest BCUT2D eigenvalue weighted by molar-refractivity contribution is 5.85. The van der Waals surface area contributed by atoms with Gasteiger partial charge in [0.25, 0.3) is 0 Å². The van der Waals surface area contributed by atoms with Gasteiger partial charge in [-0.15, -0.1) is 12.4 Å². The van der Waals surface area contributed by atoms with Gasteiger partial charge >= 0.3 is 0 Å². The smallest absolute Gasteiger partial charge is 0.221 e. The maximum atomic E-state index is 10.7. The molecule has 2 saturated heterocycles. The van der Waals surface area contributed by atoms with Gasteiger partial charge in [0, 0.05) is 18.5 Å². The Hall–Kier alpha value is -0.280. The van der Waals surface area contributed by atoms with E-state index in [1.54, 1.807) is 0 Å². The molecule has 2 heterocycles. The van der Waals surface area contributed by atoms with Crippen LogP contribution in [0.25, 0.3) is 0 Å². The van der Waals surface area contributed by atoms with Gasteiger partial charge in [-0.25, -0.2) is 0 Å². The number of hydrogen-bond acceptors (Lipinski definition) is 2. The van der Waals surface area contributed by atoms with E-state index in [4.69, 9.17) is 0 Å². The first-order valence-corrected chi connectivity index (χ1v) is 3.39. The van der Waals surface area contributed by atoms with Crippen molar-refractivity contribution in [3.63, 3.8) is 0 Å². The molecule has 3 nitrogen and oxygen atoms in total. The van der Waals surface area contributed by atoms with Crippen molar-refractivity contribution >= 4 is 18.3 Å². The molecule has 0 radical (unpaired) electrons. The fourth-order valence-corrected chi connectivity index (χ4v) is 1.62. The quantitative estimate of drug-likeness (QED) is 0.512. The lowest BCUT2D eigenvalue weighted by atomic mass is 10.1. The van der Waals surface area contributed by atoms with E-state index in [1.807, 2.05) is 0 Å². The molecule has 4 heteroatoms. The fourth-order valence-electron chi connectivity index (χ4n) is 1.62. The normalized spacial score (nSPS) is 36.6. The fraction of sp³-hybridized carbons (Fsp3) is 0.833. The van der Waals surface area contributed by atoms with Crippen LogP contribution < -0.4 is 10.6 Å². The van der Waals surface area contributed by atoms with Crippen LogP contribution >= 0.6 is 12.4 Å². The van der Waals surface area contributed by atoms with Crippen molar-refractivity contribution in [1.29, 1.82) is 0 Å². The second-order valence-corrected chi connectivity index (χ2v) is 2.73. The Balaban J connectivity index is 0.000000500. The van der Waals surface area contributed by atoms with E-state index >= 15 is 0 Å². The zero-order valence-corrected chi connectivity index (χ0v) is 6.41. The number of hydrogen-bond donors (Lipinski definition) is 2. The van der Waals surface area contributed by atoms with Crippen LogP contribution in [0, 0.1) is 0 Å². The molecule has 2 fully saturated rings. The first-order valence-electron chi connectivity index (χ1n) is 3.39. The second kappa shape index (κ2) is 2.76. The molecule has 0 bridgehead atoms. The van der Waals surface area contributed by atoms with Crippen molar-refractivity contribution < 1.29 is 4.79 Å². The van der Waals surface area contributed by atoms with Gasteiger partial charge in [0.05, 0.1) is 0 Å². The number of rotatable bonds is 0. The summed E-state index contributed by atoms with van der Waals surface area (Å²) in [6.07, 6.45) is 1.79. The zero-order valence-electron chi connectivity index (χ0n) is 5.59. The Kier molecular flexibility index (Phi) is 2.16. The lowest BCUT2D eigenvalue weighted by Gasteiger charge is -2.04. The summed E-state index contributed by atoms with van der Waals surface area (Å²) >= 11 is 0. The van der Waals surface area contributed by atoms with Crippen molar-refractivity contribution in [3.05, 3.63) is 0 Å². The highest BCUT2D eigenvalue weighted by atomic mass is 35.5. The highest BCUT2D eigenvalue weighted by Gasteiger charge is 2.35. The number of nitrogens with one attached hydrogen (secondary N) is 2. The van der Waals surface area contributed by atoms with Crippen LogP contribution in [0.2, 0.25) is 0 Å². The summed E-state index contributed by atoms with van der Waals surface area (Å²) in [5, 5.41) is 6.18. The Morgan fingerprint density at radius 3 is 2.90 bits per heavy atom. The van der Waals surface area contributed by atoms with Crippen LogP contribution in [0.1, 0.15) is 12.8 Å². The second-order valence-electron chi connectivity index (χ2n) is 2.73. The van der Waals surface area contributed by atoms with Crippen LogP contribution in [0.4, 0.5) is 0 Å². The maximum Gasteiger partial charge on any atom is 0.221 e. The van der Waals surface area contributed by atoms with Crippen LogP contribution in [0.15, 0.2) is 0 Å². The van der Waals surface area contributed by atoms with E-state index < -0.39 is 0 Å². The van der Waals surface area contributed by atoms with Gasteiger partial charge in [0.1, 0.15) is 0 Å². The highest BCUT2D eigenvalue weighted by Crippen LogP contribution is 2.15. The minimum atomic E-state index is 0. The molecule has 0 aromatic carbocycles. The topological polar surface area (TPSA) is 41.1 Å². The molecule has 0 aromatic heterocycles. The molecular formula is C6H11ClN2O. The van der Waals surface area contributed by atoms with Gasteiger partial charge < -0.3 is 10.6 Å². The molecule has 2 rings (SSSR count). The molecule has 2 unspecified atom stereocenters. The summed E-state index contributed by atoms with van der Waals surface area (Å²) < 4.78 is 0. The predicted octanol–water partition coefficient (Wildman–Crippen LogP) is -0.341. The molecule has 10 heavy (non-hydrogen) atoms. The SMILES string of the molecule is Cl.O=C1CC2NCCC2N1. The third kappa shape index (κ3) is 1.11. The number of fused-ring (bicyclic) bond motifs is 1. The first-order chi connectivity index (χ1) is 4.36. The molecule has 1 amide bonds. The third-order valence-electron chi connectivity index (χ3n) is 2.10. The Bertz CT molecular complexity index is 137. The van der Waals surface area contributed by atoms with Crippen LogP contribution in [-0.4, -0.2) is 24.5 Å². The molecule has 0 saturated carbocycles. The molecule has 2 aliphatic heterocycles. The van der Waals surface area contributed by atoms with Crippen molar-refractivity contribution in [3.8, 4) is 0 Å². The van der Waals surface area contributed by atoms with Crippen molar-refractivity contribution in [2.24, 2.45) is 0 Å². The van der Waals surface area contributed by atoms with Crippen molar-refractivity contribution in [1.82, 2.24) is 10.6 Å². The zero-order chi connectivity index (χ0) is 6.27. The Labute approximate surface area is 66.0 Å². The van der Waals surface area contributed by atoms with E-state index in [2.05, 4.69) is 10.6 Å². The summed E-state index contributed by atoms with van der Waals surface area (Å²) in [5.41, 5.74) is 0. The van der Waals surface area contributed by atoms with Gasteiger partial charge in [-0.05, 0) is 13.0 Å². The first kappa shape index (κ1) is 7.82. The predicted molar refractivity (Wildman–Crippen MR) is 40.2 cm³/mol. The number of carbonyl (C=O) groups excluding carboxylic acids is 1. The van der Waals surface area contributed by atoms with E-state index in [-0.39, 0.29) is 18.3 Å². The van der Waals surface area contributed by atoms with Crippen LogP contribution in [-0.2, 0) is 4.79 Å². The van der Waals surface area contributed by atoms with Crippen molar-refractivity contribution in [2.45, 2.75) is 24.9 Å². The Morgan fingerprint density at radius 1 is 1.40 bits per heavy atom. The molecule has 0 spiro atoms. The molecule has 2 atom stereocenters. The number of carbonyl (C=O) groups is 1. The molecule has 2 aliphatic rings. The van der Waals surface area contributed by atoms with Gasteiger partial charge in [-0.2, -0.15) is 0 Å². The molecule has 0 aliphatic carbocycles. The van der Waals surface area contributed by atoms with E-state index in [9.17, 15) is 4.79 Å². The van der Waals surface area contributed by atoms with Gasteiger partial charge in [-0.1, -0.05) is 0 Å². The lowest BCUT2D eigenvalue weighted by molar-refractivity contribution is -0.119. The van der Waals surface area contributed by atoms with Crippen LogP contribution in [0.5, 0.6) is 0 Å². The summed E-state index contributed by atoms with van der Waals surface area (Å²) in [5.74, 6) is 0.206. The van der Waals surface area contributed by atoms with E-state index in [0.717, 1.165) is 13.0 Å². The molecule has 58 valence electrons. The summed E-state index contributed by atoms with van der Waals surface area (Å²) in [4.78, 5) is 10.7. The third-order valence-corrected chi connectivity index (χ3v) is 2.10. The summed E-state index contributed by atoms with van der Waals surface area (Å²) in [7, 11) is 0. The lowest BCUT2D eigenvalue weighted by Crippen LogP contribution is -2.30. The van der Waals surface area contributed by atoms with Crippen molar-refractivity contribution in [2.75, 3.05) is 6.54 Å². The molecular weight excluding hydrogens is 152 g/mol. The number of halogens is 1. The van der Waals surface area contributed by atoms with E-state index in [0.29, 0.717) is 18.5 Å². The summed E-state index contributed by atoms with van der Waals surface area (Å²) in [6.45, 7) is 1.07. The van der Waals surface area contributed by atoms with Crippen LogP contribution in [0.3, 0.4) is 0 Å². The van der Waals surface area contributed by atoms with E-state index in [1.165, 1.54) is 0 Å². The van der Waals surface area contributed by atoms with Gasteiger partial charge in [0.15, 0.2) is 0 Å². The monoisotopic (exact) mass is 162 g/mol. The summed E-state index contributed by atoms with van der Waals surface area (Å²) in [6, 6.07) is 0.884.